The summed E-state index contributed by atoms with van der Waals surface area (Å²) in [4.78, 5) is 23.0. The van der Waals surface area contributed by atoms with E-state index in [1.165, 1.54) is 12.1 Å². The number of nitrogens with one attached hydrogen (secondary N) is 1. The van der Waals surface area contributed by atoms with E-state index in [9.17, 15) is 27.9 Å². The number of alkyl carbamates (subject to hydrolysis) is 1. The third-order valence-corrected chi connectivity index (χ3v) is 3.09. The van der Waals surface area contributed by atoms with E-state index in [1.54, 1.807) is 20.8 Å². The molecular weight excluding hydrogens is 341 g/mol. The Kier molecular flexibility index (Phi) is 6.42. The Hall–Kier alpha value is -2.29. The Morgan fingerprint density at radius 1 is 1.28 bits per heavy atom. The van der Waals surface area contributed by atoms with Crippen LogP contribution >= 0.6 is 0 Å². The lowest BCUT2D eigenvalue weighted by Gasteiger charge is -2.25. The fraction of sp³-hybridized carbons (Fsp3) is 0.500. The Bertz CT molecular complexity index is 627. The van der Waals surface area contributed by atoms with Gasteiger partial charge in [0.1, 0.15) is 11.7 Å². The summed E-state index contributed by atoms with van der Waals surface area (Å²) in [7, 11) is 0. The molecule has 0 bridgehead atoms. The maximum atomic E-state index is 12.9. The van der Waals surface area contributed by atoms with E-state index >= 15 is 0 Å². The summed E-state index contributed by atoms with van der Waals surface area (Å²) in [5.74, 6) is -1.05. The number of amides is 2. The van der Waals surface area contributed by atoms with Crippen molar-refractivity contribution in [3.63, 3.8) is 0 Å². The summed E-state index contributed by atoms with van der Waals surface area (Å²) in [6.07, 6.45) is -7.51. The summed E-state index contributed by atoms with van der Waals surface area (Å²) in [6.45, 7) is 4.85. The molecule has 2 atom stereocenters. The molecule has 1 rings (SSSR count). The number of alkyl halides is 3. The van der Waals surface area contributed by atoms with Crippen LogP contribution in [0.2, 0.25) is 0 Å². The Morgan fingerprint density at radius 2 is 1.88 bits per heavy atom. The van der Waals surface area contributed by atoms with Gasteiger partial charge in [-0.25, -0.2) is 4.79 Å². The molecule has 1 aromatic rings. The number of aliphatic hydroxyl groups excluding tert-OH is 1. The van der Waals surface area contributed by atoms with Gasteiger partial charge in [-0.3, -0.25) is 4.79 Å². The van der Waals surface area contributed by atoms with E-state index < -0.39 is 47.9 Å². The minimum atomic E-state index is -4.57. The molecule has 0 heterocycles. The van der Waals surface area contributed by atoms with E-state index in [-0.39, 0.29) is 5.56 Å². The first-order chi connectivity index (χ1) is 11.3. The van der Waals surface area contributed by atoms with Crippen LogP contribution in [0.4, 0.5) is 18.0 Å². The Labute approximate surface area is 143 Å². The highest BCUT2D eigenvalue weighted by Crippen LogP contribution is 2.31. The van der Waals surface area contributed by atoms with Gasteiger partial charge >= 0.3 is 12.3 Å². The Morgan fingerprint density at radius 3 is 2.36 bits per heavy atom. The van der Waals surface area contributed by atoms with Crippen LogP contribution < -0.4 is 11.1 Å². The van der Waals surface area contributed by atoms with Crippen LogP contribution in [0.15, 0.2) is 24.3 Å². The van der Waals surface area contributed by atoms with Crippen LogP contribution in [0.3, 0.4) is 0 Å². The summed E-state index contributed by atoms with van der Waals surface area (Å²) in [6, 6.07) is 3.11. The number of carbonyl (C=O) groups excluding carboxylic acids is 2. The first-order valence-electron chi connectivity index (χ1n) is 7.43. The van der Waals surface area contributed by atoms with Crippen molar-refractivity contribution in [1.29, 1.82) is 0 Å². The lowest BCUT2D eigenvalue weighted by atomic mass is 9.98. The van der Waals surface area contributed by atoms with Gasteiger partial charge in [0.05, 0.1) is 11.6 Å². The van der Waals surface area contributed by atoms with Gasteiger partial charge in [-0.05, 0) is 38.5 Å². The van der Waals surface area contributed by atoms with E-state index in [0.29, 0.717) is 0 Å². The number of hydrogen-bond donors (Lipinski definition) is 3. The molecule has 0 aromatic heterocycles. The number of hydrogen-bond acceptors (Lipinski definition) is 4. The molecule has 4 N–H and O–H groups in total. The number of benzene rings is 1. The van der Waals surface area contributed by atoms with E-state index in [4.69, 9.17) is 10.5 Å². The molecule has 0 spiro atoms. The molecule has 0 saturated carbocycles. The third kappa shape index (κ3) is 7.00. The molecule has 25 heavy (non-hydrogen) atoms. The zero-order valence-electron chi connectivity index (χ0n) is 14.1. The van der Waals surface area contributed by atoms with Gasteiger partial charge in [0.15, 0.2) is 0 Å². The summed E-state index contributed by atoms with van der Waals surface area (Å²) in [5.41, 5.74) is 3.29. The largest absolute Gasteiger partial charge is 0.444 e. The maximum Gasteiger partial charge on any atom is 0.416 e. The Balaban J connectivity index is 3.10. The molecule has 140 valence electrons. The average molecular weight is 362 g/mol. The standard InChI is InChI=1S/C16H21F3N2O4/c1-15(2,3)25-14(24)21-11(8-12(22)13(20)23)9-5-4-6-10(7-9)16(17,18)19/h4-7,11-12,22H,8H2,1-3H3,(H2,20,23)(H,21,24)/t11-,12?/m1/s1. The first kappa shape index (κ1) is 20.8. The minimum Gasteiger partial charge on any atom is -0.444 e. The average Bonchev–Trinajstić information content (AvgIpc) is 2.43. The van der Waals surface area contributed by atoms with E-state index in [2.05, 4.69) is 5.32 Å². The normalized spacial score (nSPS) is 14.5. The molecule has 1 aromatic carbocycles. The molecule has 0 radical (unpaired) electrons. The van der Waals surface area contributed by atoms with E-state index in [0.717, 1.165) is 12.1 Å². The molecule has 0 saturated heterocycles. The van der Waals surface area contributed by atoms with Gasteiger partial charge in [-0.2, -0.15) is 13.2 Å². The molecule has 1 unspecified atom stereocenters. The van der Waals surface area contributed by atoms with Crippen LogP contribution in [0.5, 0.6) is 0 Å². The zero-order chi connectivity index (χ0) is 19.4. The number of aliphatic hydroxyl groups is 1. The fourth-order valence-corrected chi connectivity index (χ4v) is 2.00. The SMILES string of the molecule is CC(C)(C)OC(=O)N[C@H](CC(O)C(N)=O)c1cccc(C(F)(F)F)c1. The third-order valence-electron chi connectivity index (χ3n) is 3.09. The van der Waals surface area contributed by atoms with Gasteiger partial charge in [0.25, 0.3) is 0 Å². The zero-order valence-corrected chi connectivity index (χ0v) is 14.1. The van der Waals surface area contributed by atoms with Gasteiger partial charge in [-0.1, -0.05) is 12.1 Å². The second kappa shape index (κ2) is 7.73. The summed E-state index contributed by atoms with van der Waals surface area (Å²) in [5, 5.41) is 12.0. The lowest BCUT2D eigenvalue weighted by molar-refractivity contribution is -0.137. The van der Waals surface area contributed by atoms with Crippen LogP contribution in [-0.2, 0) is 15.7 Å². The summed E-state index contributed by atoms with van der Waals surface area (Å²) < 4.78 is 43.7. The predicted octanol–water partition coefficient (Wildman–Crippen LogP) is 2.51. The van der Waals surface area contributed by atoms with Crippen molar-refractivity contribution in [2.24, 2.45) is 5.73 Å². The highest BCUT2D eigenvalue weighted by molar-refractivity contribution is 5.78. The molecule has 0 aliphatic heterocycles. The van der Waals surface area contributed by atoms with Crippen LogP contribution in [0.1, 0.15) is 44.4 Å². The van der Waals surface area contributed by atoms with Gasteiger partial charge in [0, 0.05) is 6.42 Å². The number of carbonyl (C=O) groups is 2. The quantitative estimate of drug-likeness (QED) is 0.749. The maximum absolute atomic E-state index is 12.9. The van der Waals surface area contributed by atoms with Crippen molar-refractivity contribution in [3.05, 3.63) is 35.4 Å². The van der Waals surface area contributed by atoms with Crippen molar-refractivity contribution in [2.45, 2.75) is 51.1 Å². The van der Waals surface area contributed by atoms with Gasteiger partial charge in [0.2, 0.25) is 5.91 Å². The van der Waals surface area contributed by atoms with Gasteiger partial charge in [-0.15, -0.1) is 0 Å². The number of halogens is 3. The second-order valence-corrected chi connectivity index (χ2v) is 6.48. The predicted molar refractivity (Wildman–Crippen MR) is 83.4 cm³/mol. The summed E-state index contributed by atoms with van der Waals surface area (Å²) >= 11 is 0. The number of rotatable bonds is 5. The van der Waals surface area contributed by atoms with Crippen molar-refractivity contribution >= 4 is 12.0 Å². The topological polar surface area (TPSA) is 102 Å². The van der Waals surface area contributed by atoms with Crippen molar-refractivity contribution < 1.29 is 32.6 Å². The highest BCUT2D eigenvalue weighted by Gasteiger charge is 2.32. The monoisotopic (exact) mass is 362 g/mol. The van der Waals surface area contributed by atoms with Crippen LogP contribution in [0, 0.1) is 0 Å². The highest BCUT2D eigenvalue weighted by atomic mass is 19.4. The van der Waals surface area contributed by atoms with Crippen LogP contribution in [0.25, 0.3) is 0 Å². The van der Waals surface area contributed by atoms with Crippen molar-refractivity contribution in [1.82, 2.24) is 5.32 Å². The van der Waals surface area contributed by atoms with Crippen LogP contribution in [-0.4, -0.2) is 28.8 Å². The number of primary amides is 1. The minimum absolute atomic E-state index is 0.0565. The number of nitrogens with two attached hydrogens (primary N) is 1. The first-order valence-corrected chi connectivity index (χ1v) is 7.43. The second-order valence-electron chi connectivity index (χ2n) is 6.48. The fourth-order valence-electron chi connectivity index (χ4n) is 2.00. The molecule has 0 aliphatic carbocycles. The van der Waals surface area contributed by atoms with Gasteiger partial charge < -0.3 is 20.9 Å². The molecule has 6 nitrogen and oxygen atoms in total. The molecule has 0 aliphatic rings. The van der Waals surface area contributed by atoms with Crippen molar-refractivity contribution in [3.8, 4) is 0 Å². The lowest BCUT2D eigenvalue weighted by Crippen LogP contribution is -2.38. The molecule has 2 amide bonds. The molecule has 9 heteroatoms. The number of ether oxygens (including phenoxy) is 1. The smallest absolute Gasteiger partial charge is 0.416 e. The molecular formula is C16H21F3N2O4. The molecule has 0 fully saturated rings. The van der Waals surface area contributed by atoms with Crippen molar-refractivity contribution in [2.75, 3.05) is 0 Å². The van der Waals surface area contributed by atoms with E-state index in [1.807, 2.05) is 0 Å².